The lowest BCUT2D eigenvalue weighted by Gasteiger charge is -2.24. The molecule has 4 aliphatic rings. The SMILES string of the molecule is CC/C(=C(/CC)c1ccc(O)cc1)c1ccc(O)cc1.COc1cc2c(c3oc(=O)c4c(c13)CCC4=O)C1C=COC1O2.NCC1CCC(C(=O)O)CC1. The third kappa shape index (κ3) is 7.72. The van der Waals surface area contributed by atoms with Crippen LogP contribution < -0.4 is 20.8 Å². The minimum absolute atomic E-state index is 0.0993. The number of ether oxygens (including phenoxy) is 3. The zero-order valence-corrected chi connectivity index (χ0v) is 30.8. The number of aliphatic carboxylic acids is 1. The first-order chi connectivity index (χ1) is 26.1. The van der Waals surface area contributed by atoms with Crippen molar-refractivity contribution in [3.8, 4) is 23.0 Å². The van der Waals surface area contributed by atoms with Crippen LogP contribution in [0.4, 0.5) is 0 Å². The van der Waals surface area contributed by atoms with E-state index >= 15 is 0 Å². The van der Waals surface area contributed by atoms with Crippen LogP contribution in [-0.2, 0) is 16.0 Å². The molecule has 284 valence electrons. The van der Waals surface area contributed by atoms with E-state index in [9.17, 15) is 24.6 Å². The van der Waals surface area contributed by atoms with E-state index in [0.717, 1.165) is 55.2 Å². The molecular formula is C43H47NO10. The number of carboxylic acid groups (broad SMARTS) is 1. The molecule has 11 heteroatoms. The maximum atomic E-state index is 12.3. The van der Waals surface area contributed by atoms with Gasteiger partial charge in [0.05, 0.1) is 36.2 Å². The van der Waals surface area contributed by atoms with Crippen molar-refractivity contribution in [2.24, 2.45) is 17.6 Å². The van der Waals surface area contributed by atoms with Gasteiger partial charge in [-0.2, -0.15) is 0 Å². The molecule has 54 heavy (non-hydrogen) atoms. The van der Waals surface area contributed by atoms with Crippen LogP contribution in [0.2, 0.25) is 0 Å². The number of benzene rings is 3. The van der Waals surface area contributed by atoms with Gasteiger partial charge in [-0.05, 0) is 116 Å². The fraction of sp³-hybridized carbons (Fsp3) is 0.372. The second-order valence-corrected chi connectivity index (χ2v) is 13.9. The zero-order valence-electron chi connectivity index (χ0n) is 30.8. The van der Waals surface area contributed by atoms with E-state index in [1.807, 2.05) is 30.3 Å². The van der Waals surface area contributed by atoms with Gasteiger partial charge in [-0.15, -0.1) is 0 Å². The maximum absolute atomic E-state index is 12.3. The number of fused-ring (bicyclic) bond motifs is 7. The molecule has 3 aromatic carbocycles. The number of allylic oxidation sites excluding steroid dienone is 2. The fourth-order valence-corrected chi connectivity index (χ4v) is 7.88. The Labute approximate surface area is 313 Å². The Balaban J connectivity index is 0.000000147. The molecule has 1 fully saturated rings. The molecule has 0 radical (unpaired) electrons. The Hall–Kier alpha value is -5.55. The van der Waals surface area contributed by atoms with Crippen LogP contribution in [-0.4, -0.2) is 47.0 Å². The number of hydrogen-bond acceptors (Lipinski definition) is 10. The summed E-state index contributed by atoms with van der Waals surface area (Å²) in [6.07, 6.45) is 9.33. The van der Waals surface area contributed by atoms with Crippen molar-refractivity contribution in [1.82, 2.24) is 0 Å². The summed E-state index contributed by atoms with van der Waals surface area (Å²) in [5, 5.41) is 28.2. The number of nitrogens with two attached hydrogens (primary N) is 1. The molecule has 1 saturated carbocycles. The smallest absolute Gasteiger partial charge is 0.347 e. The number of Topliss-reactive ketones (excluding diaryl/α,β-unsaturated/α-hetero) is 1. The van der Waals surface area contributed by atoms with E-state index in [4.69, 9.17) is 29.5 Å². The number of methoxy groups -OCH3 is 1. The van der Waals surface area contributed by atoms with Gasteiger partial charge < -0.3 is 39.7 Å². The van der Waals surface area contributed by atoms with Gasteiger partial charge in [0.2, 0.25) is 0 Å². The van der Waals surface area contributed by atoms with Crippen molar-refractivity contribution < 1.29 is 43.5 Å². The Kier molecular flexibility index (Phi) is 11.8. The van der Waals surface area contributed by atoms with E-state index in [1.54, 1.807) is 43.7 Å². The molecule has 11 nitrogen and oxygen atoms in total. The molecule has 1 aromatic heterocycles. The summed E-state index contributed by atoms with van der Waals surface area (Å²) in [4.78, 5) is 34.8. The topological polar surface area (TPSA) is 179 Å². The highest BCUT2D eigenvalue weighted by Gasteiger charge is 2.42. The first-order valence-corrected chi connectivity index (χ1v) is 18.5. The number of aryl methyl sites for hydroxylation is 1. The molecule has 2 aliphatic carbocycles. The number of phenols is 2. The maximum Gasteiger partial charge on any atom is 0.347 e. The van der Waals surface area contributed by atoms with E-state index in [2.05, 4.69) is 13.8 Å². The molecule has 0 spiro atoms. The summed E-state index contributed by atoms with van der Waals surface area (Å²) in [5.41, 5.74) is 11.8. The van der Waals surface area contributed by atoms with Crippen molar-refractivity contribution in [3.05, 3.63) is 105 Å². The highest BCUT2D eigenvalue weighted by molar-refractivity contribution is 6.06. The van der Waals surface area contributed by atoms with Gasteiger partial charge >= 0.3 is 11.6 Å². The second kappa shape index (κ2) is 16.6. The standard InChI is InChI=1S/C18H20O2.C17H12O6.C8H15NO2/c1-3-17(13-5-9-15(19)10-6-13)18(4-2)14-7-11-16(20)12-8-14;1-20-10-6-11-14(8-4-5-21-17(8)22-11)15-13(10)7-2-3-9(18)12(7)16(19)23-15;9-5-6-1-3-7(4-2-6)8(10)11/h5-12,19-20H,3-4H2,1-2H3;4-6,8,17H,2-3H2,1H3;6-7H,1-5,9H2,(H,10,11)/b18-17+;;. The zero-order chi connectivity index (χ0) is 38.5. The van der Waals surface area contributed by atoms with Crippen LogP contribution in [0.3, 0.4) is 0 Å². The van der Waals surface area contributed by atoms with Crippen molar-refractivity contribution in [2.75, 3.05) is 13.7 Å². The lowest BCUT2D eigenvalue weighted by molar-refractivity contribution is -0.143. The summed E-state index contributed by atoms with van der Waals surface area (Å²) < 4.78 is 22.2. The molecule has 3 heterocycles. The predicted molar refractivity (Wildman–Crippen MR) is 205 cm³/mol. The van der Waals surface area contributed by atoms with E-state index < -0.39 is 17.9 Å². The van der Waals surface area contributed by atoms with E-state index in [0.29, 0.717) is 53.3 Å². The normalized spacial score (nSPS) is 20.9. The van der Waals surface area contributed by atoms with Crippen LogP contribution in [0.1, 0.15) is 97.3 Å². The number of aromatic hydroxyl groups is 2. The van der Waals surface area contributed by atoms with E-state index in [-0.39, 0.29) is 34.7 Å². The highest BCUT2D eigenvalue weighted by atomic mass is 16.7. The number of ketones is 1. The molecule has 8 rings (SSSR count). The Morgan fingerprint density at radius 3 is 2.00 bits per heavy atom. The van der Waals surface area contributed by atoms with Crippen LogP contribution in [0.25, 0.3) is 22.1 Å². The fourth-order valence-electron chi connectivity index (χ4n) is 7.88. The lowest BCUT2D eigenvalue weighted by atomic mass is 9.82. The Morgan fingerprint density at radius 2 is 1.48 bits per heavy atom. The average molecular weight is 738 g/mol. The predicted octanol–water partition coefficient (Wildman–Crippen LogP) is 7.94. The van der Waals surface area contributed by atoms with Gasteiger partial charge in [0, 0.05) is 12.5 Å². The molecule has 4 aromatic rings. The van der Waals surface area contributed by atoms with Crippen molar-refractivity contribution >= 4 is 33.9 Å². The monoisotopic (exact) mass is 737 g/mol. The number of phenolic OH excluding ortho intramolecular Hbond substituents is 2. The summed E-state index contributed by atoms with van der Waals surface area (Å²) in [6, 6.07) is 16.4. The molecule has 2 aliphatic heterocycles. The number of carbonyl (C=O) groups is 2. The van der Waals surface area contributed by atoms with Crippen LogP contribution in [0, 0.1) is 11.8 Å². The quantitative estimate of drug-likeness (QED) is 0.107. The minimum atomic E-state index is -0.638. The summed E-state index contributed by atoms with van der Waals surface area (Å²) in [5.74, 6) is 1.23. The molecule has 0 amide bonds. The Bertz CT molecular complexity index is 2070. The molecule has 2 unspecified atom stereocenters. The van der Waals surface area contributed by atoms with Gasteiger partial charge in [0.25, 0.3) is 6.29 Å². The van der Waals surface area contributed by atoms with Gasteiger partial charge in [0.15, 0.2) is 5.78 Å². The molecular weight excluding hydrogens is 690 g/mol. The van der Waals surface area contributed by atoms with E-state index in [1.165, 1.54) is 11.1 Å². The average Bonchev–Trinajstić information content (AvgIpc) is 3.90. The van der Waals surface area contributed by atoms with Gasteiger partial charge in [-0.1, -0.05) is 38.1 Å². The van der Waals surface area contributed by atoms with Crippen LogP contribution >= 0.6 is 0 Å². The lowest BCUT2D eigenvalue weighted by Crippen LogP contribution is -2.25. The molecule has 0 saturated heterocycles. The number of carbonyl (C=O) groups excluding carboxylic acids is 1. The van der Waals surface area contributed by atoms with Gasteiger partial charge in [-0.3, -0.25) is 9.59 Å². The molecule has 0 bridgehead atoms. The largest absolute Gasteiger partial charge is 0.508 e. The molecule has 5 N–H and O–H groups in total. The second-order valence-electron chi connectivity index (χ2n) is 13.9. The third-order valence-corrected chi connectivity index (χ3v) is 10.7. The summed E-state index contributed by atoms with van der Waals surface area (Å²) in [7, 11) is 1.54. The number of carboxylic acids is 1. The number of hydrogen-bond donors (Lipinski definition) is 4. The first kappa shape index (κ1) is 38.2. The molecule has 2 atom stereocenters. The third-order valence-electron chi connectivity index (χ3n) is 10.7. The number of rotatable bonds is 7. The Morgan fingerprint density at radius 1 is 0.889 bits per heavy atom. The van der Waals surface area contributed by atoms with Gasteiger partial charge in [0.1, 0.15) is 34.1 Å². The van der Waals surface area contributed by atoms with Crippen molar-refractivity contribution in [3.63, 3.8) is 0 Å². The van der Waals surface area contributed by atoms with Crippen LogP contribution in [0.5, 0.6) is 23.0 Å². The summed E-state index contributed by atoms with van der Waals surface area (Å²) >= 11 is 0. The minimum Gasteiger partial charge on any atom is -0.508 e. The highest BCUT2D eigenvalue weighted by Crippen LogP contribution is 2.50. The van der Waals surface area contributed by atoms with Crippen LogP contribution in [0.15, 0.2) is 76.1 Å². The first-order valence-electron chi connectivity index (χ1n) is 18.5. The van der Waals surface area contributed by atoms with Crippen molar-refractivity contribution in [1.29, 1.82) is 0 Å². The van der Waals surface area contributed by atoms with Crippen molar-refractivity contribution in [2.45, 2.75) is 77.4 Å². The van der Waals surface area contributed by atoms with Gasteiger partial charge in [-0.25, -0.2) is 4.79 Å². The summed E-state index contributed by atoms with van der Waals surface area (Å²) in [6.45, 7) is 4.99.